The Labute approximate surface area is 116 Å². The molecular weight excluding hydrogens is 271 g/mol. The first-order valence-electron chi connectivity index (χ1n) is 6.37. The largest absolute Gasteiger partial charge is 0.465 e. The third-order valence-electron chi connectivity index (χ3n) is 2.77. The summed E-state index contributed by atoms with van der Waals surface area (Å²) in [6, 6.07) is 6.89. The predicted octanol–water partition coefficient (Wildman–Crippen LogP) is 3.30. The van der Waals surface area contributed by atoms with E-state index in [9.17, 15) is 18.0 Å². The lowest BCUT2D eigenvalue weighted by atomic mass is 10.1. The summed E-state index contributed by atoms with van der Waals surface area (Å²) >= 11 is 0. The molecule has 0 saturated carbocycles. The van der Waals surface area contributed by atoms with E-state index in [1.807, 2.05) is 0 Å². The molecule has 0 saturated heterocycles. The number of esters is 1. The van der Waals surface area contributed by atoms with Gasteiger partial charge in [-0.15, -0.1) is 0 Å². The van der Waals surface area contributed by atoms with Crippen molar-refractivity contribution < 1.29 is 22.7 Å². The number of halogens is 3. The Morgan fingerprint density at radius 1 is 1.20 bits per heavy atom. The van der Waals surface area contributed by atoms with Gasteiger partial charge in [0.2, 0.25) is 0 Å². The number of methoxy groups -OCH3 is 1. The van der Waals surface area contributed by atoms with Gasteiger partial charge in [0.1, 0.15) is 0 Å². The summed E-state index contributed by atoms with van der Waals surface area (Å²) in [6.45, 7) is 1.10. The van der Waals surface area contributed by atoms with Gasteiger partial charge >= 0.3 is 12.1 Å². The van der Waals surface area contributed by atoms with Gasteiger partial charge in [0.25, 0.3) is 0 Å². The third-order valence-corrected chi connectivity index (χ3v) is 2.77. The molecule has 0 aliphatic carbocycles. The SMILES string of the molecule is COC(=O)c1ccc(CNCCCCC(F)(F)F)cc1. The molecule has 112 valence electrons. The van der Waals surface area contributed by atoms with Gasteiger partial charge in [-0.05, 0) is 37.1 Å². The van der Waals surface area contributed by atoms with E-state index in [-0.39, 0.29) is 6.42 Å². The Morgan fingerprint density at radius 2 is 1.85 bits per heavy atom. The topological polar surface area (TPSA) is 38.3 Å². The Hall–Kier alpha value is -1.56. The minimum absolute atomic E-state index is 0.137. The van der Waals surface area contributed by atoms with E-state index in [1.54, 1.807) is 24.3 Å². The van der Waals surface area contributed by atoms with Crippen molar-refractivity contribution in [3.8, 4) is 0 Å². The highest BCUT2D eigenvalue weighted by Crippen LogP contribution is 2.21. The number of carbonyl (C=O) groups excluding carboxylic acids is 1. The van der Waals surface area contributed by atoms with Crippen LogP contribution in [0.2, 0.25) is 0 Å². The summed E-state index contributed by atoms with van der Waals surface area (Å²) in [5.41, 5.74) is 1.44. The molecule has 0 aliphatic rings. The van der Waals surface area contributed by atoms with E-state index in [0.29, 0.717) is 25.1 Å². The molecule has 0 spiro atoms. The lowest BCUT2D eigenvalue weighted by Crippen LogP contribution is -2.16. The van der Waals surface area contributed by atoms with Crippen molar-refractivity contribution in [3.05, 3.63) is 35.4 Å². The predicted molar refractivity (Wildman–Crippen MR) is 69.4 cm³/mol. The van der Waals surface area contributed by atoms with Crippen LogP contribution < -0.4 is 5.32 Å². The minimum Gasteiger partial charge on any atom is -0.465 e. The molecule has 0 radical (unpaired) electrons. The Morgan fingerprint density at radius 3 is 2.40 bits per heavy atom. The number of benzene rings is 1. The number of carbonyl (C=O) groups is 1. The molecule has 20 heavy (non-hydrogen) atoms. The number of rotatable bonds is 7. The van der Waals surface area contributed by atoms with Crippen LogP contribution in [0, 0.1) is 0 Å². The highest BCUT2D eigenvalue weighted by Gasteiger charge is 2.25. The monoisotopic (exact) mass is 289 g/mol. The lowest BCUT2D eigenvalue weighted by Gasteiger charge is -2.07. The second-order valence-corrected chi connectivity index (χ2v) is 4.44. The standard InChI is InChI=1S/C14H18F3NO2/c1-20-13(19)12-6-4-11(5-7-12)10-18-9-3-2-8-14(15,16)17/h4-7,18H,2-3,8-10H2,1H3. The molecular formula is C14H18F3NO2. The van der Waals surface area contributed by atoms with Gasteiger partial charge in [-0.2, -0.15) is 13.2 Å². The molecule has 1 aromatic rings. The van der Waals surface area contributed by atoms with Crippen molar-refractivity contribution in [2.75, 3.05) is 13.7 Å². The Kier molecular flexibility index (Phi) is 6.51. The van der Waals surface area contributed by atoms with Gasteiger partial charge < -0.3 is 10.1 Å². The van der Waals surface area contributed by atoms with Crippen molar-refractivity contribution >= 4 is 5.97 Å². The summed E-state index contributed by atoms with van der Waals surface area (Å²) in [6.07, 6.45) is -4.18. The Bertz CT molecular complexity index is 415. The molecule has 0 aromatic heterocycles. The van der Waals surface area contributed by atoms with Crippen molar-refractivity contribution in [1.82, 2.24) is 5.32 Å². The molecule has 0 heterocycles. The molecule has 1 rings (SSSR count). The average molecular weight is 289 g/mol. The summed E-state index contributed by atoms with van der Waals surface area (Å²) in [7, 11) is 1.32. The smallest absolute Gasteiger partial charge is 0.389 e. The average Bonchev–Trinajstić information content (AvgIpc) is 2.41. The second-order valence-electron chi connectivity index (χ2n) is 4.44. The van der Waals surface area contributed by atoms with Gasteiger partial charge in [0, 0.05) is 13.0 Å². The molecule has 3 nitrogen and oxygen atoms in total. The van der Waals surface area contributed by atoms with Gasteiger partial charge in [-0.1, -0.05) is 12.1 Å². The Balaban J connectivity index is 2.21. The molecule has 1 aromatic carbocycles. The zero-order chi connectivity index (χ0) is 15.0. The summed E-state index contributed by atoms with van der Waals surface area (Å²) in [5.74, 6) is -0.392. The maximum Gasteiger partial charge on any atom is 0.389 e. The van der Waals surface area contributed by atoms with Crippen LogP contribution in [0.15, 0.2) is 24.3 Å². The van der Waals surface area contributed by atoms with E-state index in [0.717, 1.165) is 5.56 Å². The van der Waals surface area contributed by atoms with Gasteiger partial charge in [-0.25, -0.2) is 4.79 Å². The molecule has 0 bridgehead atoms. The van der Waals surface area contributed by atoms with Gasteiger partial charge in [0.15, 0.2) is 0 Å². The third kappa shape index (κ3) is 6.56. The van der Waals surface area contributed by atoms with E-state index in [4.69, 9.17) is 0 Å². The number of hydrogen-bond donors (Lipinski definition) is 1. The molecule has 6 heteroatoms. The van der Waals surface area contributed by atoms with Crippen LogP contribution in [0.5, 0.6) is 0 Å². The van der Waals surface area contributed by atoms with Crippen LogP contribution in [-0.4, -0.2) is 25.8 Å². The highest BCUT2D eigenvalue weighted by molar-refractivity contribution is 5.89. The van der Waals surface area contributed by atoms with Crippen LogP contribution in [0.4, 0.5) is 13.2 Å². The van der Waals surface area contributed by atoms with Crippen molar-refractivity contribution in [3.63, 3.8) is 0 Å². The fourth-order valence-electron chi connectivity index (χ4n) is 1.68. The van der Waals surface area contributed by atoms with Crippen LogP contribution in [0.25, 0.3) is 0 Å². The van der Waals surface area contributed by atoms with Crippen LogP contribution in [-0.2, 0) is 11.3 Å². The van der Waals surface area contributed by atoms with E-state index < -0.39 is 18.6 Å². The van der Waals surface area contributed by atoms with Crippen LogP contribution >= 0.6 is 0 Å². The summed E-state index contributed by atoms with van der Waals surface area (Å²) < 4.78 is 40.3. The maximum atomic E-state index is 11.9. The molecule has 0 fully saturated rings. The number of ether oxygens (including phenoxy) is 1. The number of unbranched alkanes of at least 4 members (excludes halogenated alkanes) is 1. The van der Waals surface area contributed by atoms with E-state index in [2.05, 4.69) is 10.1 Å². The molecule has 0 amide bonds. The normalized spacial score (nSPS) is 11.4. The summed E-state index contributed by atoms with van der Waals surface area (Å²) in [4.78, 5) is 11.2. The quantitative estimate of drug-likeness (QED) is 0.618. The zero-order valence-electron chi connectivity index (χ0n) is 11.3. The first-order valence-corrected chi connectivity index (χ1v) is 6.37. The van der Waals surface area contributed by atoms with E-state index in [1.165, 1.54) is 7.11 Å². The fourth-order valence-corrected chi connectivity index (χ4v) is 1.68. The lowest BCUT2D eigenvalue weighted by molar-refractivity contribution is -0.135. The van der Waals surface area contributed by atoms with Gasteiger partial charge in [0.05, 0.1) is 12.7 Å². The van der Waals surface area contributed by atoms with Gasteiger partial charge in [-0.3, -0.25) is 0 Å². The molecule has 0 aliphatic heterocycles. The minimum atomic E-state index is -4.07. The van der Waals surface area contributed by atoms with Crippen molar-refractivity contribution in [2.45, 2.75) is 32.0 Å². The van der Waals surface area contributed by atoms with Crippen LogP contribution in [0.1, 0.15) is 35.2 Å². The second kappa shape index (κ2) is 7.89. The summed E-state index contributed by atoms with van der Waals surface area (Å²) in [5, 5.41) is 3.07. The highest BCUT2D eigenvalue weighted by atomic mass is 19.4. The molecule has 1 N–H and O–H groups in total. The molecule has 0 atom stereocenters. The van der Waals surface area contributed by atoms with Crippen molar-refractivity contribution in [2.24, 2.45) is 0 Å². The number of hydrogen-bond acceptors (Lipinski definition) is 3. The maximum absolute atomic E-state index is 11.9. The first kappa shape index (κ1) is 16.5. The number of nitrogens with one attached hydrogen (secondary N) is 1. The van der Waals surface area contributed by atoms with Crippen LogP contribution in [0.3, 0.4) is 0 Å². The molecule has 0 unspecified atom stereocenters. The zero-order valence-corrected chi connectivity index (χ0v) is 11.3. The first-order chi connectivity index (χ1) is 9.42. The van der Waals surface area contributed by atoms with Crippen molar-refractivity contribution in [1.29, 1.82) is 0 Å². The number of alkyl halides is 3. The van der Waals surface area contributed by atoms with E-state index >= 15 is 0 Å². The fraction of sp³-hybridized carbons (Fsp3) is 0.500.